The Kier molecular flexibility index (Phi) is 6.67. The number of carbonyl (C=O) groups is 1. The molecule has 0 amide bonds. The van der Waals surface area contributed by atoms with Gasteiger partial charge in [-0.15, -0.1) is 0 Å². The SMILES string of the molecule is CC(C)NC(C)(CCCCN1CCCC(C)(C)C1)C(=O)O. The highest BCUT2D eigenvalue weighted by molar-refractivity contribution is 5.78. The van der Waals surface area contributed by atoms with Crippen LogP contribution in [-0.2, 0) is 4.79 Å². The lowest BCUT2D eigenvalue weighted by Gasteiger charge is -2.38. The maximum Gasteiger partial charge on any atom is 0.323 e. The number of nitrogens with one attached hydrogen (secondary N) is 1. The minimum absolute atomic E-state index is 0.189. The lowest BCUT2D eigenvalue weighted by atomic mass is 9.84. The van der Waals surface area contributed by atoms with Gasteiger partial charge in [-0.1, -0.05) is 13.8 Å². The van der Waals surface area contributed by atoms with Gasteiger partial charge in [0.15, 0.2) is 0 Å². The fourth-order valence-corrected chi connectivity index (χ4v) is 3.43. The van der Waals surface area contributed by atoms with E-state index in [4.69, 9.17) is 0 Å². The first-order valence-corrected chi connectivity index (χ1v) is 8.38. The summed E-state index contributed by atoms with van der Waals surface area (Å²) in [5.41, 5.74) is -0.359. The summed E-state index contributed by atoms with van der Waals surface area (Å²) in [6, 6.07) is 0.189. The van der Waals surface area contributed by atoms with E-state index in [0.717, 1.165) is 19.4 Å². The third-order valence-electron chi connectivity index (χ3n) is 4.46. The molecule has 0 saturated carbocycles. The molecular formula is C17H34N2O2. The number of hydrogen-bond donors (Lipinski definition) is 2. The zero-order chi connectivity index (χ0) is 16.1. The van der Waals surface area contributed by atoms with Gasteiger partial charge in [0.05, 0.1) is 0 Å². The van der Waals surface area contributed by atoms with Gasteiger partial charge in [-0.25, -0.2) is 0 Å². The van der Waals surface area contributed by atoms with Crippen LogP contribution in [0.15, 0.2) is 0 Å². The molecule has 0 spiro atoms. The lowest BCUT2D eigenvalue weighted by molar-refractivity contribution is -0.144. The van der Waals surface area contributed by atoms with Crippen LogP contribution in [0.3, 0.4) is 0 Å². The van der Waals surface area contributed by atoms with Gasteiger partial charge in [0.1, 0.15) is 5.54 Å². The number of hydrogen-bond acceptors (Lipinski definition) is 3. The second-order valence-electron chi connectivity index (χ2n) is 7.94. The van der Waals surface area contributed by atoms with Crippen LogP contribution in [0.2, 0.25) is 0 Å². The topological polar surface area (TPSA) is 52.6 Å². The Morgan fingerprint density at radius 1 is 1.38 bits per heavy atom. The number of carboxylic acids is 1. The van der Waals surface area contributed by atoms with Crippen molar-refractivity contribution in [2.75, 3.05) is 19.6 Å². The van der Waals surface area contributed by atoms with Crippen LogP contribution in [0.4, 0.5) is 0 Å². The normalized spacial score (nSPS) is 22.2. The Morgan fingerprint density at radius 2 is 2.05 bits per heavy atom. The number of piperidine rings is 1. The van der Waals surface area contributed by atoms with Gasteiger partial charge >= 0.3 is 5.97 Å². The summed E-state index contributed by atoms with van der Waals surface area (Å²) in [7, 11) is 0. The monoisotopic (exact) mass is 298 g/mol. The highest BCUT2D eigenvalue weighted by atomic mass is 16.4. The summed E-state index contributed by atoms with van der Waals surface area (Å²) in [5.74, 6) is -0.740. The van der Waals surface area contributed by atoms with Crippen molar-refractivity contribution in [3.63, 3.8) is 0 Å². The third-order valence-corrected chi connectivity index (χ3v) is 4.46. The number of nitrogens with zero attached hydrogens (tertiary/aromatic N) is 1. The highest BCUT2D eigenvalue weighted by Crippen LogP contribution is 2.28. The maximum atomic E-state index is 11.5. The van der Waals surface area contributed by atoms with Crippen molar-refractivity contribution in [3.05, 3.63) is 0 Å². The molecule has 21 heavy (non-hydrogen) atoms. The minimum Gasteiger partial charge on any atom is -0.480 e. The summed E-state index contributed by atoms with van der Waals surface area (Å²) in [6.07, 6.45) is 5.34. The summed E-state index contributed by atoms with van der Waals surface area (Å²) < 4.78 is 0. The van der Waals surface area contributed by atoms with Gasteiger partial charge in [-0.3, -0.25) is 10.1 Å². The van der Waals surface area contributed by atoms with Gasteiger partial charge in [0.25, 0.3) is 0 Å². The molecule has 0 aliphatic carbocycles. The summed E-state index contributed by atoms with van der Waals surface area (Å²) in [4.78, 5) is 14.0. The summed E-state index contributed by atoms with van der Waals surface area (Å²) in [5, 5.41) is 12.6. The number of unbranched alkanes of at least 4 members (excludes halogenated alkanes) is 1. The van der Waals surface area contributed by atoms with Gasteiger partial charge in [0.2, 0.25) is 0 Å². The molecule has 0 aromatic carbocycles. The van der Waals surface area contributed by atoms with Crippen LogP contribution in [0.25, 0.3) is 0 Å². The van der Waals surface area contributed by atoms with E-state index in [1.807, 2.05) is 13.8 Å². The first-order chi connectivity index (χ1) is 9.65. The molecule has 1 fully saturated rings. The van der Waals surface area contributed by atoms with Crippen LogP contribution in [0.1, 0.15) is 66.7 Å². The van der Waals surface area contributed by atoms with E-state index in [9.17, 15) is 9.90 Å². The molecule has 124 valence electrons. The molecule has 1 saturated heterocycles. The maximum absolute atomic E-state index is 11.5. The van der Waals surface area contributed by atoms with Crippen molar-refractivity contribution >= 4 is 5.97 Å². The summed E-state index contributed by atoms with van der Waals surface area (Å²) >= 11 is 0. The van der Waals surface area contributed by atoms with Crippen LogP contribution in [0, 0.1) is 5.41 Å². The second kappa shape index (κ2) is 7.59. The average molecular weight is 298 g/mol. The van der Waals surface area contributed by atoms with Gasteiger partial charge in [-0.05, 0) is 71.4 Å². The fourth-order valence-electron chi connectivity index (χ4n) is 3.43. The third kappa shape index (κ3) is 6.35. The van der Waals surface area contributed by atoms with E-state index in [1.54, 1.807) is 6.92 Å². The fraction of sp³-hybridized carbons (Fsp3) is 0.941. The van der Waals surface area contributed by atoms with Crippen molar-refractivity contribution in [2.45, 2.75) is 78.3 Å². The largest absolute Gasteiger partial charge is 0.480 e. The quantitative estimate of drug-likeness (QED) is 0.676. The Balaban J connectivity index is 2.33. The van der Waals surface area contributed by atoms with E-state index >= 15 is 0 Å². The molecule has 1 atom stereocenters. The second-order valence-corrected chi connectivity index (χ2v) is 7.94. The van der Waals surface area contributed by atoms with Crippen molar-refractivity contribution in [3.8, 4) is 0 Å². The van der Waals surface area contributed by atoms with Crippen LogP contribution >= 0.6 is 0 Å². The Morgan fingerprint density at radius 3 is 2.57 bits per heavy atom. The zero-order valence-electron chi connectivity index (χ0n) is 14.5. The highest BCUT2D eigenvalue weighted by Gasteiger charge is 2.33. The average Bonchev–Trinajstić information content (AvgIpc) is 2.32. The summed E-state index contributed by atoms with van der Waals surface area (Å²) in [6.45, 7) is 14.0. The smallest absolute Gasteiger partial charge is 0.323 e. The molecule has 0 bridgehead atoms. The predicted octanol–water partition coefficient (Wildman–Crippen LogP) is 3.12. The number of likely N-dealkylation sites (tertiary alicyclic amines) is 1. The van der Waals surface area contributed by atoms with Gasteiger partial charge < -0.3 is 10.0 Å². The standard InChI is InChI=1S/C17H34N2O2/c1-14(2)18-17(5,15(20)21)10-6-7-11-19-12-8-9-16(3,4)13-19/h14,18H,6-13H2,1-5H3,(H,20,21). The van der Waals surface area contributed by atoms with E-state index in [1.165, 1.54) is 25.9 Å². The van der Waals surface area contributed by atoms with Crippen LogP contribution in [-0.4, -0.2) is 47.2 Å². The molecule has 0 aromatic heterocycles. The van der Waals surface area contributed by atoms with Crippen LogP contribution in [0.5, 0.6) is 0 Å². The van der Waals surface area contributed by atoms with Crippen molar-refractivity contribution < 1.29 is 9.90 Å². The van der Waals surface area contributed by atoms with Gasteiger partial charge in [0, 0.05) is 12.6 Å². The molecular weight excluding hydrogens is 264 g/mol. The van der Waals surface area contributed by atoms with Crippen molar-refractivity contribution in [1.29, 1.82) is 0 Å². The molecule has 1 aliphatic rings. The minimum atomic E-state index is -0.796. The Hall–Kier alpha value is -0.610. The molecule has 4 heteroatoms. The van der Waals surface area contributed by atoms with Crippen molar-refractivity contribution in [2.24, 2.45) is 5.41 Å². The number of rotatable bonds is 8. The van der Waals surface area contributed by atoms with Crippen molar-refractivity contribution in [1.82, 2.24) is 10.2 Å². The molecule has 0 radical (unpaired) electrons. The Labute approximate surface area is 130 Å². The molecule has 1 heterocycles. The first kappa shape index (κ1) is 18.4. The zero-order valence-corrected chi connectivity index (χ0v) is 14.5. The molecule has 1 aliphatic heterocycles. The predicted molar refractivity (Wildman–Crippen MR) is 87.6 cm³/mol. The van der Waals surface area contributed by atoms with E-state index in [0.29, 0.717) is 11.8 Å². The molecule has 1 rings (SSSR count). The van der Waals surface area contributed by atoms with E-state index in [2.05, 4.69) is 24.1 Å². The van der Waals surface area contributed by atoms with E-state index in [-0.39, 0.29) is 6.04 Å². The molecule has 4 nitrogen and oxygen atoms in total. The first-order valence-electron chi connectivity index (χ1n) is 8.38. The molecule has 0 aromatic rings. The number of aliphatic carboxylic acids is 1. The molecule has 2 N–H and O–H groups in total. The lowest BCUT2D eigenvalue weighted by Crippen LogP contribution is -2.52. The van der Waals surface area contributed by atoms with Gasteiger partial charge in [-0.2, -0.15) is 0 Å². The van der Waals surface area contributed by atoms with Crippen LogP contribution < -0.4 is 5.32 Å². The molecule has 1 unspecified atom stereocenters. The van der Waals surface area contributed by atoms with E-state index < -0.39 is 11.5 Å². The number of carboxylic acid groups (broad SMARTS) is 1. The Bertz CT molecular complexity index is 342.